The molecule has 0 heterocycles. The van der Waals surface area contributed by atoms with E-state index in [4.69, 9.17) is 9.47 Å². The Morgan fingerprint density at radius 3 is 1.30 bits per heavy atom. The largest absolute Gasteiger partial charge is 0.489 e. The summed E-state index contributed by atoms with van der Waals surface area (Å²) in [4.78, 5) is 24.9. The van der Waals surface area contributed by atoms with Gasteiger partial charge in [-0.25, -0.2) is 0 Å². The van der Waals surface area contributed by atoms with Crippen LogP contribution in [0.4, 0.5) is 0 Å². The van der Waals surface area contributed by atoms with Crippen LogP contribution >= 0.6 is 0 Å². The molecular weight excluding hydrogens is 544 g/mol. The van der Waals surface area contributed by atoms with E-state index in [9.17, 15) is 9.59 Å². The predicted octanol–water partition coefficient (Wildman–Crippen LogP) is 9.25. The lowest BCUT2D eigenvalue weighted by Crippen LogP contribution is -1.98. The molecule has 5 aromatic carbocycles. The van der Waals surface area contributed by atoms with E-state index in [1.165, 1.54) is 0 Å². The lowest BCUT2D eigenvalue weighted by molar-refractivity contribution is 0.103. The van der Waals surface area contributed by atoms with Crippen molar-refractivity contribution < 1.29 is 19.1 Å². The first-order valence-electron chi connectivity index (χ1n) is 14.5. The monoisotopic (exact) mass is 578 g/mol. The average molecular weight is 579 g/mol. The molecule has 44 heavy (non-hydrogen) atoms. The Labute approximate surface area is 258 Å². The van der Waals surface area contributed by atoms with Crippen molar-refractivity contribution in [2.75, 3.05) is 0 Å². The summed E-state index contributed by atoms with van der Waals surface area (Å²) < 4.78 is 12.0. The standard InChI is InChI=1S/C40H34O4/c1-29-9-19-35(20-10-29)39(41)23-17-31-5-3-7-37(25-31)43-27-33-13-15-34(16-14-33)28-44-38-8-4-6-32(26-38)18-24-40(42)36-21-11-30(2)12-22-36/h3-26H,27-28H2,1-2H3/b23-17+,24-18+. The van der Waals surface area contributed by atoms with Gasteiger partial charge in [0.15, 0.2) is 11.6 Å². The van der Waals surface area contributed by atoms with Crippen molar-refractivity contribution in [3.8, 4) is 11.5 Å². The topological polar surface area (TPSA) is 52.6 Å². The van der Waals surface area contributed by atoms with Crippen molar-refractivity contribution in [2.45, 2.75) is 27.1 Å². The van der Waals surface area contributed by atoms with E-state index >= 15 is 0 Å². The van der Waals surface area contributed by atoms with Gasteiger partial charge in [-0.15, -0.1) is 0 Å². The van der Waals surface area contributed by atoms with E-state index in [-0.39, 0.29) is 11.6 Å². The smallest absolute Gasteiger partial charge is 0.185 e. The molecule has 0 unspecified atom stereocenters. The van der Waals surface area contributed by atoms with Gasteiger partial charge in [-0.1, -0.05) is 120 Å². The number of hydrogen-bond acceptors (Lipinski definition) is 4. The molecular formula is C40H34O4. The van der Waals surface area contributed by atoms with Crippen LogP contribution < -0.4 is 9.47 Å². The fourth-order valence-electron chi connectivity index (χ4n) is 4.45. The third-order valence-electron chi connectivity index (χ3n) is 7.08. The highest BCUT2D eigenvalue weighted by molar-refractivity contribution is 6.07. The van der Waals surface area contributed by atoms with Gasteiger partial charge in [0.1, 0.15) is 24.7 Å². The van der Waals surface area contributed by atoms with E-state index in [0.717, 1.165) is 44.9 Å². The lowest BCUT2D eigenvalue weighted by atomic mass is 10.1. The van der Waals surface area contributed by atoms with Crippen molar-refractivity contribution in [3.63, 3.8) is 0 Å². The van der Waals surface area contributed by atoms with E-state index in [1.54, 1.807) is 24.3 Å². The van der Waals surface area contributed by atoms with E-state index < -0.39 is 0 Å². The molecule has 0 saturated carbocycles. The van der Waals surface area contributed by atoms with Crippen LogP contribution in [0.5, 0.6) is 11.5 Å². The number of aryl methyl sites for hydroxylation is 2. The van der Waals surface area contributed by atoms with Crippen LogP contribution in [0.15, 0.2) is 133 Å². The molecule has 0 spiro atoms. The Morgan fingerprint density at radius 2 is 0.909 bits per heavy atom. The number of benzene rings is 5. The number of allylic oxidation sites excluding steroid dienone is 2. The zero-order valence-electron chi connectivity index (χ0n) is 24.9. The third-order valence-corrected chi connectivity index (χ3v) is 7.08. The zero-order valence-corrected chi connectivity index (χ0v) is 24.9. The maximum Gasteiger partial charge on any atom is 0.185 e. The summed E-state index contributed by atoms with van der Waals surface area (Å²) in [7, 11) is 0. The summed E-state index contributed by atoms with van der Waals surface area (Å²) in [5.74, 6) is 1.40. The first-order chi connectivity index (χ1) is 21.4. The summed E-state index contributed by atoms with van der Waals surface area (Å²) in [6.45, 7) is 4.84. The van der Waals surface area contributed by atoms with Gasteiger partial charge in [0.2, 0.25) is 0 Å². The maximum atomic E-state index is 12.5. The van der Waals surface area contributed by atoms with Crippen molar-refractivity contribution in [1.82, 2.24) is 0 Å². The highest BCUT2D eigenvalue weighted by Gasteiger charge is 2.04. The molecule has 0 aromatic heterocycles. The van der Waals surface area contributed by atoms with Gasteiger partial charge in [-0.2, -0.15) is 0 Å². The minimum atomic E-state index is -0.0321. The highest BCUT2D eigenvalue weighted by Crippen LogP contribution is 2.19. The second kappa shape index (κ2) is 14.6. The first kappa shape index (κ1) is 30.0. The number of carbonyl (C=O) groups is 2. The Hall–Kier alpha value is -5.48. The fourth-order valence-corrected chi connectivity index (χ4v) is 4.45. The number of ether oxygens (including phenoxy) is 2. The second-order valence-electron chi connectivity index (χ2n) is 10.7. The van der Waals surface area contributed by atoms with Crippen LogP contribution in [-0.4, -0.2) is 11.6 Å². The molecule has 5 aromatic rings. The molecule has 0 aliphatic rings. The SMILES string of the molecule is Cc1ccc(C(=O)/C=C/c2cccc(OCc3ccc(COc4cccc(/C=C/C(=O)c5ccc(C)cc5)c4)cc3)c2)cc1. The molecule has 5 rings (SSSR count). The van der Waals surface area contributed by atoms with Gasteiger partial charge in [0.25, 0.3) is 0 Å². The average Bonchev–Trinajstić information content (AvgIpc) is 3.06. The van der Waals surface area contributed by atoms with Gasteiger partial charge in [0, 0.05) is 11.1 Å². The molecule has 218 valence electrons. The number of ketones is 2. The molecule has 0 aliphatic heterocycles. The summed E-state index contributed by atoms with van der Waals surface area (Å²) >= 11 is 0. The molecule has 0 N–H and O–H groups in total. The molecule has 0 amide bonds. The Kier molecular flexibility index (Phi) is 9.96. The lowest BCUT2D eigenvalue weighted by Gasteiger charge is -2.09. The van der Waals surface area contributed by atoms with Crippen LogP contribution in [0.3, 0.4) is 0 Å². The normalized spacial score (nSPS) is 11.1. The van der Waals surface area contributed by atoms with E-state index in [0.29, 0.717) is 24.3 Å². The summed E-state index contributed by atoms with van der Waals surface area (Å²) in [6, 6.07) is 38.6. The molecule has 0 aliphatic carbocycles. The van der Waals surface area contributed by atoms with E-state index in [1.807, 2.05) is 135 Å². The van der Waals surface area contributed by atoms with Crippen molar-refractivity contribution in [1.29, 1.82) is 0 Å². The minimum Gasteiger partial charge on any atom is -0.489 e. The van der Waals surface area contributed by atoms with E-state index in [2.05, 4.69) is 0 Å². The van der Waals surface area contributed by atoms with Gasteiger partial charge < -0.3 is 9.47 Å². The quantitative estimate of drug-likeness (QED) is 0.109. The van der Waals surface area contributed by atoms with Gasteiger partial charge in [-0.3, -0.25) is 9.59 Å². The molecule has 4 heteroatoms. The highest BCUT2D eigenvalue weighted by atomic mass is 16.5. The third kappa shape index (κ3) is 8.76. The molecule has 0 bridgehead atoms. The Morgan fingerprint density at radius 1 is 0.523 bits per heavy atom. The summed E-state index contributed by atoms with van der Waals surface area (Å²) in [6.07, 6.45) is 6.79. The predicted molar refractivity (Wildman–Crippen MR) is 177 cm³/mol. The van der Waals surface area contributed by atoms with Gasteiger partial charge in [-0.05, 0) is 72.5 Å². The Balaban J connectivity index is 1.10. The van der Waals surface area contributed by atoms with Crippen LogP contribution in [0.25, 0.3) is 12.2 Å². The maximum absolute atomic E-state index is 12.5. The van der Waals surface area contributed by atoms with Crippen molar-refractivity contribution >= 4 is 23.7 Å². The Bertz CT molecular complexity index is 1640. The molecule has 0 atom stereocenters. The fraction of sp³-hybridized carbons (Fsp3) is 0.100. The van der Waals surface area contributed by atoms with Crippen LogP contribution in [0.1, 0.15) is 54.1 Å². The van der Waals surface area contributed by atoms with Crippen molar-refractivity contribution in [3.05, 3.63) is 178 Å². The van der Waals surface area contributed by atoms with Crippen LogP contribution in [0.2, 0.25) is 0 Å². The number of hydrogen-bond donors (Lipinski definition) is 0. The van der Waals surface area contributed by atoms with Crippen molar-refractivity contribution in [2.24, 2.45) is 0 Å². The molecule has 0 radical (unpaired) electrons. The molecule has 0 fully saturated rings. The zero-order chi connectivity index (χ0) is 30.7. The van der Waals surface area contributed by atoms with Crippen LogP contribution in [-0.2, 0) is 13.2 Å². The summed E-state index contributed by atoms with van der Waals surface area (Å²) in [5.41, 5.74) is 7.45. The molecule has 0 saturated heterocycles. The second-order valence-corrected chi connectivity index (χ2v) is 10.7. The number of rotatable bonds is 12. The number of carbonyl (C=O) groups excluding carboxylic acids is 2. The summed E-state index contributed by atoms with van der Waals surface area (Å²) in [5, 5.41) is 0. The van der Waals surface area contributed by atoms with Gasteiger partial charge >= 0.3 is 0 Å². The van der Waals surface area contributed by atoms with Gasteiger partial charge in [0.05, 0.1) is 0 Å². The van der Waals surface area contributed by atoms with Crippen LogP contribution in [0, 0.1) is 13.8 Å². The minimum absolute atomic E-state index is 0.0321. The molecule has 4 nitrogen and oxygen atoms in total. The first-order valence-corrected chi connectivity index (χ1v) is 14.5.